The third kappa shape index (κ3) is 2.47. The maximum Gasteiger partial charge on any atom is 0.211 e. The maximum absolute atomic E-state index is 5.72. The van der Waals surface area contributed by atoms with Gasteiger partial charge in [-0.25, -0.2) is 10.1 Å². The molecule has 1 unspecified atom stereocenters. The zero-order valence-electron chi connectivity index (χ0n) is 11.8. The van der Waals surface area contributed by atoms with Gasteiger partial charge in [-0.3, -0.25) is 5.84 Å². The summed E-state index contributed by atoms with van der Waals surface area (Å²) < 4.78 is 6.94. The van der Waals surface area contributed by atoms with Crippen LogP contribution in [-0.2, 0) is 7.05 Å². The molecule has 0 amide bonds. The molecule has 0 aliphatic heterocycles. The van der Waals surface area contributed by atoms with Gasteiger partial charge in [-0.05, 0) is 30.5 Å². The first-order chi connectivity index (χ1) is 9.08. The molecule has 5 nitrogen and oxygen atoms in total. The minimum Gasteiger partial charge on any atom is -0.481 e. The highest BCUT2D eigenvalue weighted by molar-refractivity contribution is 5.39. The lowest BCUT2D eigenvalue weighted by Crippen LogP contribution is -2.30. The van der Waals surface area contributed by atoms with Crippen LogP contribution in [0.5, 0.6) is 5.88 Å². The van der Waals surface area contributed by atoms with Gasteiger partial charge in [-0.2, -0.15) is 5.10 Å². The van der Waals surface area contributed by atoms with Gasteiger partial charge in [0.15, 0.2) is 0 Å². The van der Waals surface area contributed by atoms with Crippen LogP contribution in [0.25, 0.3) is 0 Å². The van der Waals surface area contributed by atoms with E-state index in [1.807, 2.05) is 19.2 Å². The quantitative estimate of drug-likeness (QED) is 0.647. The van der Waals surface area contributed by atoms with E-state index in [-0.39, 0.29) is 6.04 Å². The first-order valence-corrected chi connectivity index (χ1v) is 6.18. The number of rotatable bonds is 4. The number of hydrogen-bond acceptors (Lipinski definition) is 4. The number of aryl methyl sites for hydroxylation is 2. The van der Waals surface area contributed by atoms with Crippen molar-refractivity contribution < 1.29 is 4.74 Å². The summed E-state index contributed by atoms with van der Waals surface area (Å²) in [4.78, 5) is 0. The molecule has 0 fully saturated rings. The fraction of sp³-hybridized carbons (Fsp3) is 0.357. The Bertz CT molecular complexity index is 577. The fourth-order valence-corrected chi connectivity index (χ4v) is 2.22. The summed E-state index contributed by atoms with van der Waals surface area (Å²) in [7, 11) is 3.47. The lowest BCUT2D eigenvalue weighted by Gasteiger charge is -2.17. The van der Waals surface area contributed by atoms with Crippen LogP contribution in [0.1, 0.15) is 28.4 Å². The van der Waals surface area contributed by atoms with E-state index in [2.05, 4.69) is 36.5 Å². The number of nitrogens with zero attached hydrogens (tertiary/aromatic N) is 2. The first-order valence-electron chi connectivity index (χ1n) is 6.18. The lowest BCUT2D eigenvalue weighted by molar-refractivity contribution is 0.373. The zero-order chi connectivity index (χ0) is 14.0. The molecule has 2 rings (SSSR count). The number of aromatic nitrogens is 2. The molecule has 5 heteroatoms. The van der Waals surface area contributed by atoms with E-state index in [9.17, 15) is 0 Å². The molecule has 1 aromatic carbocycles. The zero-order valence-corrected chi connectivity index (χ0v) is 11.8. The van der Waals surface area contributed by atoms with Crippen LogP contribution in [0.2, 0.25) is 0 Å². The van der Waals surface area contributed by atoms with Gasteiger partial charge in [0.05, 0.1) is 18.8 Å². The Balaban J connectivity index is 2.46. The average molecular weight is 260 g/mol. The number of hydrogen-bond donors (Lipinski definition) is 2. The van der Waals surface area contributed by atoms with Crippen molar-refractivity contribution in [3.8, 4) is 5.88 Å². The molecule has 0 aliphatic rings. The van der Waals surface area contributed by atoms with E-state index >= 15 is 0 Å². The summed E-state index contributed by atoms with van der Waals surface area (Å²) in [6.07, 6.45) is 0. The summed E-state index contributed by atoms with van der Waals surface area (Å²) in [5.41, 5.74) is 7.26. The molecule has 1 atom stereocenters. The summed E-state index contributed by atoms with van der Waals surface area (Å²) in [5, 5.41) is 4.45. The van der Waals surface area contributed by atoms with Gasteiger partial charge in [0.1, 0.15) is 0 Å². The molecular weight excluding hydrogens is 240 g/mol. The van der Waals surface area contributed by atoms with Gasteiger partial charge in [0, 0.05) is 13.1 Å². The summed E-state index contributed by atoms with van der Waals surface area (Å²) in [6, 6.07) is 7.93. The van der Waals surface area contributed by atoms with E-state index in [4.69, 9.17) is 10.6 Å². The average Bonchev–Trinajstić information content (AvgIpc) is 2.76. The molecule has 19 heavy (non-hydrogen) atoms. The van der Waals surface area contributed by atoms with Gasteiger partial charge in [-0.15, -0.1) is 0 Å². The number of nitrogens with one attached hydrogen (secondary N) is 1. The van der Waals surface area contributed by atoms with Crippen molar-refractivity contribution in [2.24, 2.45) is 12.9 Å². The largest absolute Gasteiger partial charge is 0.481 e. The third-order valence-electron chi connectivity index (χ3n) is 3.48. The second kappa shape index (κ2) is 5.42. The van der Waals surface area contributed by atoms with Crippen molar-refractivity contribution in [3.05, 3.63) is 46.6 Å². The second-order valence-electron chi connectivity index (χ2n) is 4.62. The molecule has 1 heterocycles. The predicted octanol–water partition coefficient (Wildman–Crippen LogP) is 1.60. The van der Waals surface area contributed by atoms with Crippen LogP contribution in [0, 0.1) is 13.8 Å². The standard InChI is InChI=1S/C14H20N4O/c1-9-6-5-7-11(10(9)2)14(16-15)12-8-13(19-4)18(3)17-12/h5-8,14,16H,15H2,1-4H3. The Morgan fingerprint density at radius 3 is 2.68 bits per heavy atom. The smallest absolute Gasteiger partial charge is 0.211 e. The third-order valence-corrected chi connectivity index (χ3v) is 3.48. The molecule has 102 valence electrons. The highest BCUT2D eigenvalue weighted by Crippen LogP contribution is 2.27. The number of nitrogens with two attached hydrogens (primary N) is 1. The van der Waals surface area contributed by atoms with Crippen molar-refractivity contribution in [3.63, 3.8) is 0 Å². The highest BCUT2D eigenvalue weighted by Gasteiger charge is 2.19. The molecular formula is C14H20N4O. The second-order valence-corrected chi connectivity index (χ2v) is 4.62. The van der Waals surface area contributed by atoms with Gasteiger partial charge in [-0.1, -0.05) is 18.2 Å². The number of hydrazine groups is 1. The van der Waals surface area contributed by atoms with E-state index in [1.54, 1.807) is 11.8 Å². The minimum absolute atomic E-state index is 0.144. The Hall–Kier alpha value is -1.85. The SMILES string of the molecule is COc1cc(C(NN)c2cccc(C)c2C)nn1C. The van der Waals surface area contributed by atoms with E-state index < -0.39 is 0 Å². The van der Waals surface area contributed by atoms with Gasteiger partial charge in [0.25, 0.3) is 0 Å². The molecule has 0 aliphatic carbocycles. The molecule has 0 saturated carbocycles. The predicted molar refractivity (Wildman–Crippen MR) is 74.8 cm³/mol. The highest BCUT2D eigenvalue weighted by atomic mass is 16.5. The van der Waals surface area contributed by atoms with E-state index in [1.165, 1.54) is 11.1 Å². The Kier molecular flexibility index (Phi) is 3.87. The van der Waals surface area contributed by atoms with Crippen LogP contribution in [0.3, 0.4) is 0 Å². The van der Waals surface area contributed by atoms with Crippen molar-refractivity contribution in [2.75, 3.05) is 7.11 Å². The Morgan fingerprint density at radius 2 is 2.11 bits per heavy atom. The summed E-state index contributed by atoms with van der Waals surface area (Å²) >= 11 is 0. The Labute approximate surface area is 113 Å². The molecule has 0 radical (unpaired) electrons. The molecule has 1 aromatic heterocycles. The van der Waals surface area contributed by atoms with E-state index in [0.29, 0.717) is 5.88 Å². The molecule has 3 N–H and O–H groups in total. The summed E-state index contributed by atoms with van der Waals surface area (Å²) in [6.45, 7) is 4.18. The van der Waals surface area contributed by atoms with Gasteiger partial charge < -0.3 is 4.74 Å². The number of benzene rings is 1. The van der Waals surface area contributed by atoms with Gasteiger partial charge >= 0.3 is 0 Å². The van der Waals surface area contributed by atoms with Crippen LogP contribution in [0.4, 0.5) is 0 Å². The monoisotopic (exact) mass is 260 g/mol. The first kappa shape index (κ1) is 13.6. The van der Waals surface area contributed by atoms with Crippen molar-refractivity contribution in [1.82, 2.24) is 15.2 Å². The van der Waals surface area contributed by atoms with Gasteiger partial charge in [0.2, 0.25) is 5.88 Å². The molecule has 2 aromatic rings. The Morgan fingerprint density at radius 1 is 1.37 bits per heavy atom. The number of ether oxygens (including phenoxy) is 1. The van der Waals surface area contributed by atoms with Crippen molar-refractivity contribution >= 4 is 0 Å². The van der Waals surface area contributed by atoms with Crippen molar-refractivity contribution in [1.29, 1.82) is 0 Å². The molecule has 0 spiro atoms. The normalized spacial score (nSPS) is 12.5. The van der Waals surface area contributed by atoms with Crippen LogP contribution in [0.15, 0.2) is 24.3 Å². The van der Waals surface area contributed by atoms with E-state index in [0.717, 1.165) is 11.3 Å². The lowest BCUT2D eigenvalue weighted by atomic mass is 9.96. The van der Waals surface area contributed by atoms with Crippen molar-refractivity contribution in [2.45, 2.75) is 19.9 Å². The maximum atomic E-state index is 5.72. The van der Waals surface area contributed by atoms with Crippen LogP contribution >= 0.6 is 0 Å². The van der Waals surface area contributed by atoms with Crippen LogP contribution in [-0.4, -0.2) is 16.9 Å². The summed E-state index contributed by atoms with van der Waals surface area (Å²) in [5.74, 6) is 6.43. The molecule has 0 bridgehead atoms. The molecule has 0 saturated heterocycles. The van der Waals surface area contributed by atoms with Crippen LogP contribution < -0.4 is 16.0 Å². The fourth-order valence-electron chi connectivity index (χ4n) is 2.22. The minimum atomic E-state index is -0.144. The topological polar surface area (TPSA) is 65.1 Å². The number of methoxy groups -OCH3 is 1.